The summed E-state index contributed by atoms with van der Waals surface area (Å²) in [4.78, 5) is 33.5. The summed E-state index contributed by atoms with van der Waals surface area (Å²) in [5.74, 6) is -2.94. The molecule has 2 amide bonds. The van der Waals surface area contributed by atoms with Gasteiger partial charge in [0, 0.05) is 6.20 Å². The third-order valence-corrected chi connectivity index (χ3v) is 2.08. The smallest absolute Gasteiger partial charge is 0.353 e. The maximum absolute atomic E-state index is 11.8. The van der Waals surface area contributed by atoms with Gasteiger partial charge in [-0.15, -0.1) is 0 Å². The van der Waals surface area contributed by atoms with Crippen molar-refractivity contribution in [2.75, 3.05) is 0 Å². The predicted octanol–water partition coefficient (Wildman–Crippen LogP) is -0.600. The minimum Gasteiger partial charge on any atom is -0.477 e. The Bertz CT molecular complexity index is 537. The molecule has 0 saturated heterocycles. The van der Waals surface area contributed by atoms with Crippen molar-refractivity contribution in [1.82, 2.24) is 5.32 Å². The average Bonchev–Trinajstić information content (AvgIpc) is 2.35. The van der Waals surface area contributed by atoms with Gasteiger partial charge in [0.25, 0.3) is 5.91 Å². The maximum Gasteiger partial charge on any atom is 0.353 e. The molecule has 0 aromatic heterocycles. The second-order valence-corrected chi connectivity index (χ2v) is 3.25. The van der Waals surface area contributed by atoms with Crippen LogP contribution >= 0.6 is 0 Å². The topological polar surface area (TPSA) is 136 Å². The Kier molecular flexibility index (Phi) is 4.03. The summed E-state index contributed by atoms with van der Waals surface area (Å²) in [6.07, 6.45) is 0.743. The Morgan fingerprint density at radius 2 is 1.72 bits per heavy atom. The Labute approximate surface area is 102 Å². The van der Waals surface area contributed by atoms with Gasteiger partial charge in [0.05, 0.1) is 11.1 Å². The molecule has 18 heavy (non-hydrogen) atoms. The molecule has 7 nitrogen and oxygen atoms in total. The lowest BCUT2D eigenvalue weighted by molar-refractivity contribution is -0.133. The molecule has 0 fully saturated rings. The Hall–Kier alpha value is -2.83. The van der Waals surface area contributed by atoms with Gasteiger partial charge in [-0.2, -0.15) is 0 Å². The van der Waals surface area contributed by atoms with Crippen molar-refractivity contribution >= 4 is 17.8 Å². The quantitative estimate of drug-likeness (QED) is 0.528. The van der Waals surface area contributed by atoms with Crippen LogP contribution in [0.4, 0.5) is 0 Å². The summed E-state index contributed by atoms with van der Waals surface area (Å²) in [6.45, 7) is 0. The number of carboxylic acids is 1. The molecule has 1 rings (SSSR count). The Balaban J connectivity index is 3.05. The highest BCUT2D eigenvalue weighted by Crippen LogP contribution is 2.08. The number of amides is 2. The standard InChI is InChI=1S/C11H11N3O4/c12-5-8(11(17)18)14-10(16)7-4-2-1-3-6(7)9(13)15/h1-5H,12H2,(H2,13,15)(H,14,16)(H,17,18)/b8-5+. The number of rotatable bonds is 4. The molecule has 6 N–H and O–H groups in total. The van der Waals surface area contributed by atoms with Crippen LogP contribution in [0.2, 0.25) is 0 Å². The van der Waals surface area contributed by atoms with Crippen molar-refractivity contribution < 1.29 is 19.5 Å². The third-order valence-electron chi connectivity index (χ3n) is 2.08. The molecule has 0 unspecified atom stereocenters. The van der Waals surface area contributed by atoms with E-state index < -0.39 is 23.5 Å². The lowest BCUT2D eigenvalue weighted by Gasteiger charge is -2.07. The summed E-state index contributed by atoms with van der Waals surface area (Å²) in [6, 6.07) is 5.77. The Morgan fingerprint density at radius 1 is 1.17 bits per heavy atom. The van der Waals surface area contributed by atoms with Gasteiger partial charge in [-0.1, -0.05) is 12.1 Å². The zero-order valence-electron chi connectivity index (χ0n) is 9.21. The van der Waals surface area contributed by atoms with Crippen molar-refractivity contribution in [3.8, 4) is 0 Å². The van der Waals surface area contributed by atoms with Crippen molar-refractivity contribution in [3.63, 3.8) is 0 Å². The molecule has 0 bridgehead atoms. The fraction of sp³-hybridized carbons (Fsp3) is 0. The zero-order valence-corrected chi connectivity index (χ0v) is 9.21. The van der Waals surface area contributed by atoms with Gasteiger partial charge in [-0.3, -0.25) is 9.59 Å². The first-order valence-corrected chi connectivity index (χ1v) is 4.82. The van der Waals surface area contributed by atoms with Crippen LogP contribution in [0.5, 0.6) is 0 Å². The number of nitrogens with two attached hydrogens (primary N) is 2. The molecule has 94 valence electrons. The monoisotopic (exact) mass is 249 g/mol. The maximum atomic E-state index is 11.8. The van der Waals surface area contributed by atoms with E-state index in [9.17, 15) is 14.4 Å². The van der Waals surface area contributed by atoms with Crippen molar-refractivity contribution in [2.45, 2.75) is 0 Å². The van der Waals surface area contributed by atoms with Gasteiger partial charge < -0.3 is 21.9 Å². The third kappa shape index (κ3) is 2.85. The molecule has 0 aliphatic rings. The van der Waals surface area contributed by atoms with Crippen molar-refractivity contribution in [2.24, 2.45) is 11.5 Å². The molecule has 1 aromatic carbocycles. The van der Waals surface area contributed by atoms with E-state index in [2.05, 4.69) is 5.32 Å². The number of hydrogen-bond donors (Lipinski definition) is 4. The average molecular weight is 249 g/mol. The number of benzene rings is 1. The summed E-state index contributed by atoms with van der Waals surface area (Å²) in [5.41, 5.74) is 9.64. The number of nitrogens with one attached hydrogen (secondary N) is 1. The Morgan fingerprint density at radius 3 is 2.17 bits per heavy atom. The van der Waals surface area contributed by atoms with Crippen LogP contribution in [0.3, 0.4) is 0 Å². The lowest BCUT2D eigenvalue weighted by atomic mass is 10.1. The first kappa shape index (κ1) is 13.2. The lowest BCUT2D eigenvalue weighted by Crippen LogP contribution is -2.30. The van der Waals surface area contributed by atoms with E-state index >= 15 is 0 Å². The van der Waals surface area contributed by atoms with Crippen LogP contribution < -0.4 is 16.8 Å². The number of primary amides is 1. The van der Waals surface area contributed by atoms with Gasteiger partial charge >= 0.3 is 5.97 Å². The molecule has 0 spiro atoms. The molecule has 7 heteroatoms. The van der Waals surface area contributed by atoms with E-state index in [4.69, 9.17) is 16.6 Å². The molecule has 0 radical (unpaired) electrons. The number of carboxylic acid groups (broad SMARTS) is 1. The zero-order chi connectivity index (χ0) is 13.7. The SMILES string of the molecule is N/C=C(/NC(=O)c1ccccc1C(N)=O)C(=O)O. The number of carbonyl (C=O) groups is 3. The molecule has 0 heterocycles. The van der Waals surface area contributed by atoms with Gasteiger partial charge in [-0.25, -0.2) is 4.79 Å². The van der Waals surface area contributed by atoms with Gasteiger partial charge in [0.15, 0.2) is 0 Å². The van der Waals surface area contributed by atoms with Crippen LogP contribution in [0.1, 0.15) is 20.7 Å². The van der Waals surface area contributed by atoms with Gasteiger partial charge in [0.1, 0.15) is 5.70 Å². The highest BCUT2D eigenvalue weighted by molar-refractivity contribution is 6.08. The number of hydrogen-bond acceptors (Lipinski definition) is 4. The summed E-state index contributed by atoms with van der Waals surface area (Å²) in [5, 5.41) is 10.8. The van der Waals surface area contributed by atoms with Crippen LogP contribution in [0, 0.1) is 0 Å². The fourth-order valence-corrected chi connectivity index (χ4v) is 1.25. The number of carbonyl (C=O) groups excluding carboxylic acids is 2. The first-order chi connectivity index (χ1) is 8.47. The minimum absolute atomic E-state index is 0.00300. The largest absolute Gasteiger partial charge is 0.477 e. The van der Waals surface area contributed by atoms with Crippen LogP contribution in [-0.2, 0) is 4.79 Å². The van der Waals surface area contributed by atoms with Crippen molar-refractivity contribution in [3.05, 3.63) is 47.3 Å². The van der Waals surface area contributed by atoms with Crippen LogP contribution in [0.15, 0.2) is 36.2 Å². The molecule has 0 atom stereocenters. The second-order valence-electron chi connectivity index (χ2n) is 3.25. The highest BCUT2D eigenvalue weighted by Gasteiger charge is 2.17. The van der Waals surface area contributed by atoms with Crippen LogP contribution in [-0.4, -0.2) is 22.9 Å². The van der Waals surface area contributed by atoms with Crippen molar-refractivity contribution in [1.29, 1.82) is 0 Å². The molecular formula is C11H11N3O4. The fourth-order valence-electron chi connectivity index (χ4n) is 1.25. The van der Waals surface area contributed by atoms with Gasteiger partial charge in [-0.05, 0) is 12.1 Å². The molecule has 0 aliphatic heterocycles. The summed E-state index contributed by atoms with van der Waals surface area (Å²) < 4.78 is 0. The molecule has 0 saturated carbocycles. The van der Waals surface area contributed by atoms with E-state index in [1.807, 2.05) is 0 Å². The van der Waals surface area contributed by atoms with E-state index in [1.165, 1.54) is 24.3 Å². The predicted molar refractivity (Wildman–Crippen MR) is 62.3 cm³/mol. The normalized spacial score (nSPS) is 10.8. The van der Waals surface area contributed by atoms with E-state index in [0.29, 0.717) is 0 Å². The summed E-state index contributed by atoms with van der Waals surface area (Å²) >= 11 is 0. The van der Waals surface area contributed by atoms with E-state index in [-0.39, 0.29) is 11.1 Å². The highest BCUT2D eigenvalue weighted by atomic mass is 16.4. The molecular weight excluding hydrogens is 238 g/mol. The van der Waals surface area contributed by atoms with E-state index in [1.54, 1.807) is 0 Å². The van der Waals surface area contributed by atoms with Gasteiger partial charge in [0.2, 0.25) is 5.91 Å². The molecule has 0 aliphatic carbocycles. The second kappa shape index (κ2) is 5.48. The summed E-state index contributed by atoms with van der Waals surface area (Å²) in [7, 11) is 0. The first-order valence-electron chi connectivity index (χ1n) is 4.82. The molecule has 1 aromatic rings. The number of aliphatic carboxylic acids is 1. The minimum atomic E-state index is -1.39. The van der Waals surface area contributed by atoms with E-state index in [0.717, 1.165) is 6.20 Å². The van der Waals surface area contributed by atoms with Crippen LogP contribution in [0.25, 0.3) is 0 Å².